The second-order valence-electron chi connectivity index (χ2n) is 6.58. The Morgan fingerprint density at radius 3 is 2.96 bits per heavy atom. The van der Waals surface area contributed by atoms with Gasteiger partial charge in [0, 0.05) is 45.3 Å². The molecule has 8 heteroatoms. The van der Waals surface area contributed by atoms with Crippen LogP contribution in [0.5, 0.6) is 0 Å². The molecule has 8 nitrogen and oxygen atoms in total. The van der Waals surface area contributed by atoms with E-state index in [1.807, 2.05) is 13.1 Å². The Labute approximate surface area is 145 Å². The molecule has 1 saturated heterocycles. The maximum Gasteiger partial charge on any atom is 0.249 e. The SMILES string of the molecule is CO[C@H]1C[C@H](c2nc(C3CC3)no2)N(C(=O)/C=C/c2ccnn2C)C1. The predicted octanol–water partition coefficient (Wildman–Crippen LogP) is 1.68. The summed E-state index contributed by atoms with van der Waals surface area (Å²) in [5.74, 6) is 1.58. The summed E-state index contributed by atoms with van der Waals surface area (Å²) in [6.45, 7) is 0.511. The molecule has 2 aromatic rings. The van der Waals surface area contributed by atoms with Crippen molar-refractivity contribution in [1.29, 1.82) is 0 Å². The minimum Gasteiger partial charge on any atom is -0.380 e. The quantitative estimate of drug-likeness (QED) is 0.768. The molecule has 1 amide bonds. The summed E-state index contributed by atoms with van der Waals surface area (Å²) in [4.78, 5) is 19.0. The van der Waals surface area contributed by atoms with Gasteiger partial charge in [0.25, 0.3) is 0 Å². The van der Waals surface area contributed by atoms with Gasteiger partial charge in [-0.3, -0.25) is 9.48 Å². The first kappa shape index (κ1) is 16.0. The third kappa shape index (κ3) is 3.21. The van der Waals surface area contributed by atoms with E-state index in [4.69, 9.17) is 9.26 Å². The first-order chi connectivity index (χ1) is 12.2. The van der Waals surface area contributed by atoms with Crippen molar-refractivity contribution in [2.45, 2.75) is 37.3 Å². The van der Waals surface area contributed by atoms with E-state index < -0.39 is 0 Å². The molecule has 25 heavy (non-hydrogen) atoms. The number of rotatable bonds is 5. The van der Waals surface area contributed by atoms with E-state index in [9.17, 15) is 4.79 Å². The Balaban J connectivity index is 1.53. The van der Waals surface area contributed by atoms with Crippen molar-refractivity contribution in [2.75, 3.05) is 13.7 Å². The van der Waals surface area contributed by atoms with E-state index in [1.54, 1.807) is 35.0 Å². The minimum absolute atomic E-state index is 0.0321. The fourth-order valence-electron chi connectivity index (χ4n) is 3.14. The van der Waals surface area contributed by atoms with Gasteiger partial charge in [-0.2, -0.15) is 10.1 Å². The van der Waals surface area contributed by atoms with Crippen molar-refractivity contribution in [1.82, 2.24) is 24.8 Å². The molecule has 0 N–H and O–H groups in total. The van der Waals surface area contributed by atoms with Gasteiger partial charge in [-0.1, -0.05) is 5.16 Å². The maximum atomic E-state index is 12.7. The van der Waals surface area contributed by atoms with Crippen molar-refractivity contribution in [3.63, 3.8) is 0 Å². The van der Waals surface area contributed by atoms with Gasteiger partial charge in [-0.15, -0.1) is 0 Å². The van der Waals surface area contributed by atoms with E-state index in [0.29, 0.717) is 24.8 Å². The molecule has 0 bridgehead atoms. The molecule has 2 fully saturated rings. The van der Waals surface area contributed by atoms with Crippen LogP contribution in [0, 0.1) is 0 Å². The van der Waals surface area contributed by atoms with Gasteiger partial charge < -0.3 is 14.2 Å². The molecule has 132 valence electrons. The van der Waals surface area contributed by atoms with E-state index in [2.05, 4.69) is 15.2 Å². The van der Waals surface area contributed by atoms with Crippen molar-refractivity contribution in [3.8, 4) is 0 Å². The van der Waals surface area contributed by atoms with Crippen LogP contribution in [-0.2, 0) is 16.6 Å². The zero-order chi connectivity index (χ0) is 17.4. The van der Waals surface area contributed by atoms with Crippen LogP contribution in [0.2, 0.25) is 0 Å². The van der Waals surface area contributed by atoms with Gasteiger partial charge in [-0.05, 0) is 25.0 Å². The van der Waals surface area contributed by atoms with Gasteiger partial charge >= 0.3 is 0 Å². The first-order valence-corrected chi connectivity index (χ1v) is 8.48. The third-order valence-electron chi connectivity index (χ3n) is 4.82. The summed E-state index contributed by atoms with van der Waals surface area (Å²) in [5, 5.41) is 8.16. The Morgan fingerprint density at radius 2 is 2.28 bits per heavy atom. The number of nitrogens with zero attached hydrogens (tertiary/aromatic N) is 5. The summed E-state index contributed by atoms with van der Waals surface area (Å²) in [7, 11) is 3.49. The number of carbonyl (C=O) groups is 1. The molecule has 0 aromatic carbocycles. The molecule has 0 radical (unpaired) electrons. The van der Waals surface area contributed by atoms with Crippen molar-refractivity contribution >= 4 is 12.0 Å². The molecule has 1 saturated carbocycles. The monoisotopic (exact) mass is 343 g/mol. The number of hydrogen-bond acceptors (Lipinski definition) is 6. The van der Waals surface area contributed by atoms with Crippen LogP contribution in [0.25, 0.3) is 6.08 Å². The summed E-state index contributed by atoms with van der Waals surface area (Å²) in [6, 6.07) is 1.61. The number of ether oxygens (including phenoxy) is 1. The van der Waals surface area contributed by atoms with Crippen molar-refractivity contribution in [3.05, 3.63) is 35.7 Å². The predicted molar refractivity (Wildman–Crippen MR) is 88.4 cm³/mol. The molecule has 1 aliphatic heterocycles. The normalized spacial score (nSPS) is 23.7. The van der Waals surface area contributed by atoms with Gasteiger partial charge in [0.05, 0.1) is 11.8 Å². The lowest BCUT2D eigenvalue weighted by molar-refractivity contribution is -0.127. The standard InChI is InChI=1S/C17H21N5O3/c1-21-12(7-8-18-21)5-6-15(23)22-10-13(24-2)9-14(22)17-19-16(20-25-17)11-3-4-11/h5-8,11,13-14H,3-4,9-10H2,1-2H3/b6-5+/t13-,14+/m0/s1. The van der Waals surface area contributed by atoms with Crippen LogP contribution in [0.15, 0.2) is 22.9 Å². The van der Waals surface area contributed by atoms with Gasteiger partial charge in [0.1, 0.15) is 6.04 Å². The average molecular weight is 343 g/mol. The largest absolute Gasteiger partial charge is 0.380 e. The fraction of sp³-hybridized carbons (Fsp3) is 0.529. The van der Waals surface area contributed by atoms with Crippen LogP contribution < -0.4 is 0 Å². The topological polar surface area (TPSA) is 86.3 Å². The third-order valence-corrected chi connectivity index (χ3v) is 4.82. The van der Waals surface area contributed by atoms with Crippen LogP contribution in [0.3, 0.4) is 0 Å². The molecule has 0 spiro atoms. The molecule has 0 unspecified atom stereocenters. The number of carbonyl (C=O) groups excluding carboxylic acids is 1. The second kappa shape index (κ2) is 6.44. The summed E-state index contributed by atoms with van der Waals surface area (Å²) >= 11 is 0. The second-order valence-corrected chi connectivity index (χ2v) is 6.58. The lowest BCUT2D eigenvalue weighted by atomic mass is 10.2. The van der Waals surface area contributed by atoms with Gasteiger partial charge in [0.15, 0.2) is 5.82 Å². The average Bonchev–Trinajstić information content (AvgIpc) is 3.03. The minimum atomic E-state index is -0.242. The van der Waals surface area contributed by atoms with E-state index in [1.165, 1.54) is 0 Å². The van der Waals surface area contributed by atoms with Crippen molar-refractivity contribution < 1.29 is 14.1 Å². The van der Waals surface area contributed by atoms with Gasteiger partial charge in [0.2, 0.25) is 11.8 Å². The molecule has 2 atom stereocenters. The molecule has 2 aromatic heterocycles. The number of amides is 1. The fourth-order valence-corrected chi connectivity index (χ4v) is 3.14. The molecule has 1 aliphatic carbocycles. The Morgan fingerprint density at radius 1 is 1.44 bits per heavy atom. The molecular formula is C17H21N5O3. The number of aromatic nitrogens is 4. The van der Waals surface area contributed by atoms with Crippen LogP contribution in [-0.4, -0.2) is 50.5 Å². The van der Waals surface area contributed by atoms with Crippen LogP contribution >= 0.6 is 0 Å². The number of likely N-dealkylation sites (tertiary alicyclic amines) is 1. The zero-order valence-electron chi connectivity index (χ0n) is 14.3. The maximum absolute atomic E-state index is 12.7. The van der Waals surface area contributed by atoms with E-state index in [-0.39, 0.29) is 18.1 Å². The van der Waals surface area contributed by atoms with Gasteiger partial charge in [-0.25, -0.2) is 0 Å². The lowest BCUT2D eigenvalue weighted by Gasteiger charge is -2.19. The Kier molecular flexibility index (Phi) is 4.12. The first-order valence-electron chi connectivity index (χ1n) is 8.48. The number of hydrogen-bond donors (Lipinski definition) is 0. The highest BCUT2D eigenvalue weighted by molar-refractivity contribution is 5.92. The highest BCUT2D eigenvalue weighted by Gasteiger charge is 2.40. The summed E-state index contributed by atoms with van der Waals surface area (Å²) in [6.07, 6.45) is 7.86. The highest BCUT2D eigenvalue weighted by atomic mass is 16.5. The van der Waals surface area contributed by atoms with Crippen LogP contribution in [0.4, 0.5) is 0 Å². The molecule has 3 heterocycles. The molecule has 2 aliphatic rings. The molecular weight excluding hydrogens is 322 g/mol. The van der Waals surface area contributed by atoms with E-state index in [0.717, 1.165) is 24.4 Å². The Hall–Kier alpha value is -2.48. The molecule has 4 rings (SSSR count). The lowest BCUT2D eigenvalue weighted by Crippen LogP contribution is -2.30. The van der Waals surface area contributed by atoms with Crippen LogP contribution in [0.1, 0.15) is 48.6 Å². The smallest absolute Gasteiger partial charge is 0.249 e. The zero-order valence-corrected chi connectivity index (χ0v) is 14.3. The summed E-state index contributed by atoms with van der Waals surface area (Å²) < 4.78 is 12.6. The van der Waals surface area contributed by atoms with Crippen molar-refractivity contribution in [2.24, 2.45) is 7.05 Å². The highest BCUT2D eigenvalue weighted by Crippen LogP contribution is 2.40. The summed E-state index contributed by atoms with van der Waals surface area (Å²) in [5.41, 5.74) is 0.862. The van der Waals surface area contributed by atoms with E-state index >= 15 is 0 Å². The number of methoxy groups -OCH3 is 1. The Bertz CT molecular complexity index is 792. The number of aryl methyl sites for hydroxylation is 1.